The molecule has 0 fully saturated rings. The fourth-order valence-corrected chi connectivity index (χ4v) is 2.69. The molecule has 4 rings (SSSR count). The van der Waals surface area contributed by atoms with Gasteiger partial charge in [-0.1, -0.05) is 84.0 Å². The average molecular weight is 297 g/mol. The van der Waals surface area contributed by atoms with E-state index in [1.165, 1.54) is 5.56 Å². The van der Waals surface area contributed by atoms with Gasteiger partial charge in [0.15, 0.2) is 5.58 Å². The highest BCUT2D eigenvalue weighted by Crippen LogP contribution is 2.31. The third-order valence-corrected chi connectivity index (χ3v) is 3.85. The topological polar surface area (TPSA) is 26.0 Å². The number of rotatable bonds is 3. The molecule has 0 spiro atoms. The average Bonchev–Trinajstić information content (AvgIpc) is 3.05. The molecular weight excluding hydrogens is 282 g/mol. The molecule has 1 aromatic heterocycles. The number of hydrogen-bond acceptors (Lipinski definition) is 2. The normalized spacial score (nSPS) is 11.3. The van der Waals surface area contributed by atoms with Crippen molar-refractivity contribution < 1.29 is 4.52 Å². The molecule has 23 heavy (non-hydrogen) atoms. The molecule has 2 nitrogen and oxygen atoms in total. The third kappa shape index (κ3) is 2.67. The Morgan fingerprint density at radius 1 is 0.696 bits per heavy atom. The van der Waals surface area contributed by atoms with Crippen molar-refractivity contribution in [1.82, 2.24) is 5.16 Å². The van der Waals surface area contributed by atoms with Crippen LogP contribution in [0.25, 0.3) is 34.4 Å². The second-order valence-corrected chi connectivity index (χ2v) is 5.36. The van der Waals surface area contributed by atoms with Gasteiger partial charge in [-0.2, -0.15) is 0 Å². The Morgan fingerprint density at radius 2 is 1.43 bits per heavy atom. The van der Waals surface area contributed by atoms with Gasteiger partial charge in [0.2, 0.25) is 0 Å². The summed E-state index contributed by atoms with van der Waals surface area (Å²) in [7, 11) is 0. The summed E-state index contributed by atoms with van der Waals surface area (Å²) in [5.74, 6) is 0. The SMILES string of the molecule is C(=Cc1ccccc1-c1noc2ccccc12)c1ccccc1. The van der Waals surface area contributed by atoms with E-state index in [-0.39, 0.29) is 0 Å². The summed E-state index contributed by atoms with van der Waals surface area (Å²) in [6.45, 7) is 0. The molecule has 0 N–H and O–H groups in total. The molecule has 0 aliphatic carbocycles. The van der Waals surface area contributed by atoms with E-state index in [0.717, 1.165) is 27.8 Å². The van der Waals surface area contributed by atoms with Crippen LogP contribution in [0.1, 0.15) is 11.1 Å². The van der Waals surface area contributed by atoms with Crippen molar-refractivity contribution in [2.24, 2.45) is 0 Å². The van der Waals surface area contributed by atoms with Crippen LogP contribution in [0.3, 0.4) is 0 Å². The standard InChI is InChI=1S/C21H15NO/c1-2-8-16(9-3-1)14-15-17-10-4-5-11-18(17)21-19-12-6-7-13-20(19)23-22-21/h1-15H. The highest BCUT2D eigenvalue weighted by molar-refractivity contribution is 5.94. The van der Waals surface area contributed by atoms with Gasteiger partial charge in [0, 0.05) is 10.9 Å². The van der Waals surface area contributed by atoms with Gasteiger partial charge in [0.05, 0.1) is 0 Å². The van der Waals surface area contributed by atoms with E-state index in [9.17, 15) is 0 Å². The minimum atomic E-state index is 0.810. The zero-order valence-electron chi connectivity index (χ0n) is 12.5. The molecule has 1 heterocycles. The van der Waals surface area contributed by atoms with Gasteiger partial charge < -0.3 is 4.52 Å². The highest BCUT2D eigenvalue weighted by Gasteiger charge is 2.11. The Balaban J connectivity index is 1.80. The molecule has 0 radical (unpaired) electrons. The molecule has 0 unspecified atom stereocenters. The Kier molecular flexibility index (Phi) is 3.49. The van der Waals surface area contributed by atoms with Crippen LogP contribution < -0.4 is 0 Å². The lowest BCUT2D eigenvalue weighted by Gasteiger charge is -2.03. The monoisotopic (exact) mass is 297 g/mol. The number of fused-ring (bicyclic) bond motifs is 1. The van der Waals surface area contributed by atoms with Gasteiger partial charge in [0.25, 0.3) is 0 Å². The van der Waals surface area contributed by atoms with Crippen LogP contribution in [0, 0.1) is 0 Å². The molecule has 0 aliphatic rings. The molecule has 0 bridgehead atoms. The van der Waals surface area contributed by atoms with Gasteiger partial charge in [-0.25, -0.2) is 0 Å². The first-order chi connectivity index (χ1) is 11.4. The summed E-state index contributed by atoms with van der Waals surface area (Å²) in [5.41, 5.74) is 5.06. The van der Waals surface area contributed by atoms with Crippen molar-refractivity contribution >= 4 is 23.1 Å². The molecule has 110 valence electrons. The number of benzene rings is 3. The van der Waals surface area contributed by atoms with E-state index >= 15 is 0 Å². The summed E-state index contributed by atoms with van der Waals surface area (Å²) in [5, 5.41) is 5.31. The number of hydrogen-bond donors (Lipinski definition) is 0. The van der Waals surface area contributed by atoms with Crippen molar-refractivity contribution in [2.75, 3.05) is 0 Å². The van der Waals surface area contributed by atoms with Crippen molar-refractivity contribution in [2.45, 2.75) is 0 Å². The van der Waals surface area contributed by atoms with Crippen LogP contribution in [-0.2, 0) is 0 Å². The van der Waals surface area contributed by atoms with E-state index in [2.05, 4.69) is 41.6 Å². The summed E-state index contributed by atoms with van der Waals surface area (Å²) < 4.78 is 5.45. The summed E-state index contributed by atoms with van der Waals surface area (Å²) in [6.07, 6.45) is 4.23. The quantitative estimate of drug-likeness (QED) is 0.456. The maximum absolute atomic E-state index is 5.45. The molecule has 0 saturated carbocycles. The Bertz CT molecular complexity index is 967. The van der Waals surface area contributed by atoms with Crippen molar-refractivity contribution in [3.63, 3.8) is 0 Å². The van der Waals surface area contributed by atoms with E-state index in [1.807, 2.05) is 54.6 Å². The highest BCUT2D eigenvalue weighted by atomic mass is 16.5. The molecule has 0 aliphatic heterocycles. The van der Waals surface area contributed by atoms with Crippen LogP contribution in [0.15, 0.2) is 83.4 Å². The van der Waals surface area contributed by atoms with E-state index in [0.29, 0.717) is 0 Å². The molecule has 0 saturated heterocycles. The second kappa shape index (κ2) is 5.93. The van der Waals surface area contributed by atoms with Crippen molar-refractivity contribution in [1.29, 1.82) is 0 Å². The minimum absolute atomic E-state index is 0.810. The fraction of sp³-hybridized carbons (Fsp3) is 0. The predicted octanol–water partition coefficient (Wildman–Crippen LogP) is 5.67. The fourth-order valence-electron chi connectivity index (χ4n) is 2.69. The van der Waals surface area contributed by atoms with Crippen LogP contribution in [0.5, 0.6) is 0 Å². The van der Waals surface area contributed by atoms with Crippen molar-refractivity contribution in [3.8, 4) is 11.3 Å². The second-order valence-electron chi connectivity index (χ2n) is 5.36. The molecular formula is C21H15NO. The lowest BCUT2D eigenvalue weighted by Crippen LogP contribution is -1.83. The molecule has 4 aromatic rings. The number of para-hydroxylation sites is 1. The van der Waals surface area contributed by atoms with Crippen LogP contribution >= 0.6 is 0 Å². The van der Waals surface area contributed by atoms with Crippen LogP contribution in [-0.4, -0.2) is 5.16 Å². The van der Waals surface area contributed by atoms with Crippen molar-refractivity contribution in [3.05, 3.63) is 90.0 Å². The summed E-state index contributed by atoms with van der Waals surface area (Å²) >= 11 is 0. The first-order valence-corrected chi connectivity index (χ1v) is 7.59. The maximum Gasteiger partial charge on any atom is 0.167 e. The lowest BCUT2D eigenvalue weighted by atomic mass is 10.0. The largest absolute Gasteiger partial charge is 0.356 e. The van der Waals surface area contributed by atoms with Gasteiger partial charge in [0.1, 0.15) is 5.69 Å². The van der Waals surface area contributed by atoms with Gasteiger partial charge in [-0.05, 0) is 23.3 Å². The van der Waals surface area contributed by atoms with E-state index < -0.39 is 0 Å². The van der Waals surface area contributed by atoms with Gasteiger partial charge in [-0.3, -0.25) is 0 Å². The third-order valence-electron chi connectivity index (χ3n) is 3.85. The van der Waals surface area contributed by atoms with Crippen LogP contribution in [0.2, 0.25) is 0 Å². The number of aromatic nitrogens is 1. The predicted molar refractivity (Wildman–Crippen MR) is 94.8 cm³/mol. The zero-order chi connectivity index (χ0) is 15.5. The van der Waals surface area contributed by atoms with Gasteiger partial charge >= 0.3 is 0 Å². The maximum atomic E-state index is 5.45. The Hall–Kier alpha value is -3.13. The van der Waals surface area contributed by atoms with E-state index in [4.69, 9.17) is 4.52 Å². The number of nitrogens with zero attached hydrogens (tertiary/aromatic N) is 1. The Morgan fingerprint density at radius 3 is 2.35 bits per heavy atom. The lowest BCUT2D eigenvalue weighted by molar-refractivity contribution is 0.459. The minimum Gasteiger partial charge on any atom is -0.356 e. The first-order valence-electron chi connectivity index (χ1n) is 7.59. The van der Waals surface area contributed by atoms with E-state index in [1.54, 1.807) is 0 Å². The smallest absolute Gasteiger partial charge is 0.167 e. The Labute approximate surface area is 134 Å². The molecule has 0 amide bonds. The first kappa shape index (κ1) is 13.5. The van der Waals surface area contributed by atoms with Gasteiger partial charge in [-0.15, -0.1) is 0 Å². The summed E-state index contributed by atoms with van der Waals surface area (Å²) in [6, 6.07) is 26.5. The zero-order valence-corrected chi connectivity index (χ0v) is 12.5. The summed E-state index contributed by atoms with van der Waals surface area (Å²) in [4.78, 5) is 0. The molecule has 0 atom stereocenters. The molecule has 3 aromatic carbocycles. The van der Waals surface area contributed by atoms with Crippen LogP contribution in [0.4, 0.5) is 0 Å². The molecule has 2 heteroatoms.